The second kappa shape index (κ2) is 7.90. The molecular formula is C14H19BrN2O2S. The zero-order valence-corrected chi connectivity index (χ0v) is 13.9. The van der Waals surface area contributed by atoms with Crippen LogP contribution in [0.4, 0.5) is 5.69 Å². The third-order valence-electron chi connectivity index (χ3n) is 3.17. The summed E-state index contributed by atoms with van der Waals surface area (Å²) in [4.78, 5) is 11.9. The number of methoxy groups -OCH3 is 1. The van der Waals surface area contributed by atoms with E-state index in [1.165, 1.54) is 0 Å². The molecule has 4 nitrogen and oxygen atoms in total. The fraction of sp³-hybridized carbons (Fsp3) is 0.500. The lowest BCUT2D eigenvalue weighted by Crippen LogP contribution is -2.30. The van der Waals surface area contributed by atoms with E-state index in [1.807, 2.05) is 18.2 Å². The van der Waals surface area contributed by atoms with Gasteiger partial charge < -0.3 is 15.4 Å². The normalized spacial score (nSPS) is 15.9. The van der Waals surface area contributed by atoms with Gasteiger partial charge >= 0.3 is 0 Å². The molecule has 20 heavy (non-hydrogen) atoms. The van der Waals surface area contributed by atoms with E-state index in [-0.39, 0.29) is 5.91 Å². The molecule has 1 aliphatic heterocycles. The number of benzene rings is 1. The number of carbonyl (C=O) groups excluding carboxylic acids is 1. The fourth-order valence-electron chi connectivity index (χ4n) is 2.09. The summed E-state index contributed by atoms with van der Waals surface area (Å²) >= 11 is 5.14. The Balaban J connectivity index is 1.81. The van der Waals surface area contributed by atoms with Crippen molar-refractivity contribution in [3.8, 4) is 5.75 Å². The predicted molar refractivity (Wildman–Crippen MR) is 87.7 cm³/mol. The summed E-state index contributed by atoms with van der Waals surface area (Å²) in [6.07, 6.45) is 2.29. The Hall–Kier alpha value is -0.720. The van der Waals surface area contributed by atoms with E-state index >= 15 is 0 Å². The van der Waals surface area contributed by atoms with Crippen molar-refractivity contribution in [1.29, 1.82) is 0 Å². The maximum atomic E-state index is 11.9. The van der Waals surface area contributed by atoms with Gasteiger partial charge in [0.05, 0.1) is 17.3 Å². The number of piperidine rings is 1. The van der Waals surface area contributed by atoms with Crippen LogP contribution in [-0.4, -0.2) is 37.1 Å². The van der Waals surface area contributed by atoms with Crippen LogP contribution in [-0.2, 0) is 4.79 Å². The van der Waals surface area contributed by atoms with E-state index in [2.05, 4.69) is 26.6 Å². The highest BCUT2D eigenvalue weighted by atomic mass is 79.9. The van der Waals surface area contributed by atoms with E-state index in [4.69, 9.17) is 4.74 Å². The summed E-state index contributed by atoms with van der Waals surface area (Å²) in [6.45, 7) is 2.12. The van der Waals surface area contributed by atoms with Crippen LogP contribution in [0.1, 0.15) is 12.8 Å². The van der Waals surface area contributed by atoms with Gasteiger partial charge in [0.15, 0.2) is 0 Å². The Bertz CT molecular complexity index is 464. The molecule has 1 aliphatic rings. The quantitative estimate of drug-likeness (QED) is 0.849. The molecule has 1 saturated heterocycles. The number of hydrogen-bond acceptors (Lipinski definition) is 4. The van der Waals surface area contributed by atoms with Crippen molar-refractivity contribution in [3.63, 3.8) is 0 Å². The lowest BCUT2D eigenvalue weighted by Gasteiger charge is -2.21. The number of rotatable bonds is 5. The van der Waals surface area contributed by atoms with Crippen molar-refractivity contribution in [3.05, 3.63) is 22.7 Å². The number of anilines is 1. The highest BCUT2D eigenvalue weighted by Crippen LogP contribution is 2.28. The molecule has 0 bridgehead atoms. The molecule has 1 aromatic rings. The molecule has 0 aromatic heterocycles. The topological polar surface area (TPSA) is 50.4 Å². The minimum absolute atomic E-state index is 0.0397. The van der Waals surface area contributed by atoms with E-state index in [1.54, 1.807) is 18.9 Å². The first-order valence-electron chi connectivity index (χ1n) is 6.65. The third-order valence-corrected chi connectivity index (χ3v) is 5.20. The number of ether oxygens (including phenoxy) is 1. The number of thioether (sulfide) groups is 1. The number of nitrogens with one attached hydrogen (secondary N) is 2. The van der Waals surface area contributed by atoms with Gasteiger partial charge in [-0.3, -0.25) is 4.79 Å². The fourth-order valence-corrected chi connectivity index (χ4v) is 3.53. The van der Waals surface area contributed by atoms with Crippen molar-refractivity contribution in [2.75, 3.05) is 31.3 Å². The average molecular weight is 359 g/mol. The minimum Gasteiger partial charge on any atom is -0.495 e. The van der Waals surface area contributed by atoms with Gasteiger partial charge in [0, 0.05) is 17.0 Å². The van der Waals surface area contributed by atoms with Gasteiger partial charge in [-0.15, -0.1) is 11.8 Å². The summed E-state index contributed by atoms with van der Waals surface area (Å²) < 4.78 is 6.09. The van der Waals surface area contributed by atoms with Crippen LogP contribution < -0.4 is 15.4 Å². The molecule has 6 heteroatoms. The second-order valence-corrected chi connectivity index (χ2v) is 6.80. The molecule has 1 heterocycles. The Morgan fingerprint density at radius 2 is 2.25 bits per heavy atom. The monoisotopic (exact) mass is 358 g/mol. The van der Waals surface area contributed by atoms with Crippen LogP contribution in [0.2, 0.25) is 0 Å². The van der Waals surface area contributed by atoms with Crippen molar-refractivity contribution < 1.29 is 9.53 Å². The zero-order valence-electron chi connectivity index (χ0n) is 11.4. The third kappa shape index (κ3) is 4.68. The van der Waals surface area contributed by atoms with Gasteiger partial charge in [0.1, 0.15) is 5.75 Å². The highest BCUT2D eigenvalue weighted by Gasteiger charge is 2.15. The molecule has 2 N–H and O–H groups in total. The molecule has 2 rings (SSSR count). The van der Waals surface area contributed by atoms with Crippen LogP contribution in [0.5, 0.6) is 5.75 Å². The standard InChI is InChI=1S/C14H19BrN2O2S/c1-19-13-8-10(2-3-12(13)15)17-14(18)9-20-11-4-6-16-7-5-11/h2-3,8,11,16H,4-7,9H2,1H3,(H,17,18). The van der Waals surface area contributed by atoms with Gasteiger partial charge in [-0.1, -0.05) is 0 Å². The van der Waals surface area contributed by atoms with Crippen molar-refractivity contribution in [2.24, 2.45) is 0 Å². The van der Waals surface area contributed by atoms with Crippen molar-refractivity contribution in [1.82, 2.24) is 5.32 Å². The summed E-state index contributed by atoms with van der Waals surface area (Å²) in [6, 6.07) is 5.55. The van der Waals surface area contributed by atoms with Crippen LogP contribution in [0.25, 0.3) is 0 Å². The molecule has 110 valence electrons. The molecular weight excluding hydrogens is 340 g/mol. The lowest BCUT2D eigenvalue weighted by molar-refractivity contribution is -0.113. The van der Waals surface area contributed by atoms with Crippen molar-refractivity contribution in [2.45, 2.75) is 18.1 Å². The van der Waals surface area contributed by atoms with Crippen LogP contribution in [0, 0.1) is 0 Å². The summed E-state index contributed by atoms with van der Waals surface area (Å²) in [5.74, 6) is 1.26. The molecule has 1 amide bonds. The van der Waals surface area contributed by atoms with Crippen LogP contribution >= 0.6 is 27.7 Å². The van der Waals surface area contributed by atoms with Gasteiger partial charge in [-0.25, -0.2) is 0 Å². The summed E-state index contributed by atoms with van der Waals surface area (Å²) in [5.41, 5.74) is 0.765. The first-order chi connectivity index (χ1) is 9.69. The SMILES string of the molecule is COc1cc(NC(=O)CSC2CCNCC2)ccc1Br. The van der Waals surface area contributed by atoms with Crippen LogP contribution in [0.15, 0.2) is 22.7 Å². The molecule has 0 atom stereocenters. The summed E-state index contributed by atoms with van der Waals surface area (Å²) in [5, 5.41) is 6.83. The number of amides is 1. The molecule has 0 radical (unpaired) electrons. The number of carbonyl (C=O) groups is 1. The second-order valence-electron chi connectivity index (χ2n) is 4.66. The largest absolute Gasteiger partial charge is 0.495 e. The molecule has 1 fully saturated rings. The zero-order chi connectivity index (χ0) is 14.4. The first-order valence-corrected chi connectivity index (χ1v) is 8.49. The van der Waals surface area contributed by atoms with Gasteiger partial charge in [-0.2, -0.15) is 0 Å². The number of hydrogen-bond donors (Lipinski definition) is 2. The van der Waals surface area contributed by atoms with Gasteiger partial charge in [0.25, 0.3) is 0 Å². The van der Waals surface area contributed by atoms with Gasteiger partial charge in [-0.05, 0) is 54.0 Å². The highest BCUT2D eigenvalue weighted by molar-refractivity contribution is 9.10. The Kier molecular flexibility index (Phi) is 6.19. The van der Waals surface area contributed by atoms with Crippen molar-refractivity contribution >= 4 is 39.3 Å². The first kappa shape index (κ1) is 15.7. The molecule has 1 aromatic carbocycles. The summed E-state index contributed by atoms with van der Waals surface area (Å²) in [7, 11) is 1.61. The number of halogens is 1. The van der Waals surface area contributed by atoms with E-state index < -0.39 is 0 Å². The molecule has 0 saturated carbocycles. The van der Waals surface area contributed by atoms with E-state index in [9.17, 15) is 4.79 Å². The van der Waals surface area contributed by atoms with Gasteiger partial charge in [0.2, 0.25) is 5.91 Å². The average Bonchev–Trinajstić information content (AvgIpc) is 2.48. The Labute approximate surface area is 132 Å². The Morgan fingerprint density at radius 1 is 1.50 bits per heavy atom. The van der Waals surface area contributed by atoms with Crippen LogP contribution in [0.3, 0.4) is 0 Å². The minimum atomic E-state index is 0.0397. The molecule has 0 unspecified atom stereocenters. The lowest BCUT2D eigenvalue weighted by atomic mass is 10.2. The predicted octanol–water partition coefficient (Wildman–Crippen LogP) is 2.88. The smallest absolute Gasteiger partial charge is 0.234 e. The maximum absolute atomic E-state index is 11.9. The molecule has 0 spiro atoms. The van der Waals surface area contributed by atoms with E-state index in [0.717, 1.165) is 36.1 Å². The Morgan fingerprint density at radius 3 is 2.95 bits per heavy atom. The molecule has 0 aliphatic carbocycles. The van der Waals surface area contributed by atoms with E-state index in [0.29, 0.717) is 16.8 Å². The maximum Gasteiger partial charge on any atom is 0.234 e.